The van der Waals surface area contributed by atoms with Gasteiger partial charge in [0.15, 0.2) is 0 Å². The van der Waals surface area contributed by atoms with Crippen LogP contribution in [0.3, 0.4) is 0 Å². The number of hydrogen-bond acceptors (Lipinski definition) is 5. The van der Waals surface area contributed by atoms with Crippen molar-refractivity contribution in [2.75, 3.05) is 0 Å². The quantitative estimate of drug-likeness (QED) is 0.574. The maximum atomic E-state index is 13.2. The SMILES string of the molecule is Cn1cc(CC(=O)NC(=O)c2cccc3c2C(=O)N(C2CCC(=O)NC2=O)C3)c2ccccc21. The molecule has 1 aromatic heterocycles. The number of fused-ring (bicyclic) bond motifs is 2. The van der Waals surface area contributed by atoms with Crippen molar-refractivity contribution < 1.29 is 24.0 Å². The summed E-state index contributed by atoms with van der Waals surface area (Å²) in [6.07, 6.45) is 2.25. The van der Waals surface area contributed by atoms with Gasteiger partial charge in [-0.1, -0.05) is 30.3 Å². The van der Waals surface area contributed by atoms with E-state index < -0.39 is 29.7 Å². The number of nitrogens with one attached hydrogen (secondary N) is 2. The molecule has 9 heteroatoms. The number of nitrogens with zero attached hydrogens (tertiary/aromatic N) is 2. The molecule has 2 aliphatic heterocycles. The van der Waals surface area contributed by atoms with E-state index in [0.29, 0.717) is 5.56 Å². The van der Waals surface area contributed by atoms with Gasteiger partial charge in [-0.05, 0) is 29.7 Å². The van der Waals surface area contributed by atoms with Crippen molar-refractivity contribution in [2.45, 2.75) is 31.8 Å². The van der Waals surface area contributed by atoms with Gasteiger partial charge in [0, 0.05) is 37.1 Å². The molecule has 1 unspecified atom stereocenters. The summed E-state index contributed by atoms with van der Waals surface area (Å²) in [5.74, 6) is -2.49. The van der Waals surface area contributed by atoms with Gasteiger partial charge in [-0.3, -0.25) is 34.6 Å². The molecule has 3 aromatic rings. The standard InChI is InChI=1S/C25H22N4O5/c1-28-12-15(16-6-2-3-8-18(16)28)11-21(31)27-23(32)17-7-4-5-14-13-29(25(34)22(14)17)19-9-10-20(30)26-24(19)33/h2-8,12,19H,9-11,13H2,1H3,(H,26,30,33)(H,27,31,32). The lowest BCUT2D eigenvalue weighted by molar-refractivity contribution is -0.137. The number of carbonyl (C=O) groups excluding carboxylic acids is 5. The van der Waals surface area contributed by atoms with Crippen LogP contribution < -0.4 is 10.6 Å². The van der Waals surface area contributed by atoms with Crippen LogP contribution in [-0.4, -0.2) is 45.0 Å². The third kappa shape index (κ3) is 3.64. The van der Waals surface area contributed by atoms with E-state index in [0.717, 1.165) is 16.5 Å². The zero-order valence-electron chi connectivity index (χ0n) is 18.5. The van der Waals surface area contributed by atoms with E-state index >= 15 is 0 Å². The Bertz CT molecular complexity index is 1390. The molecule has 9 nitrogen and oxygen atoms in total. The molecular formula is C25H22N4O5. The van der Waals surface area contributed by atoms with E-state index in [1.807, 2.05) is 42.1 Å². The van der Waals surface area contributed by atoms with E-state index in [2.05, 4.69) is 10.6 Å². The van der Waals surface area contributed by atoms with E-state index in [1.165, 1.54) is 11.0 Å². The van der Waals surface area contributed by atoms with Crippen molar-refractivity contribution in [2.24, 2.45) is 7.05 Å². The fourth-order valence-corrected chi connectivity index (χ4v) is 4.78. The fraction of sp³-hybridized carbons (Fsp3) is 0.240. The summed E-state index contributed by atoms with van der Waals surface area (Å²) in [5, 5.41) is 5.59. The number of aromatic nitrogens is 1. The van der Waals surface area contributed by atoms with Crippen LogP contribution in [0.2, 0.25) is 0 Å². The summed E-state index contributed by atoms with van der Waals surface area (Å²) in [5.41, 5.74) is 2.65. The summed E-state index contributed by atoms with van der Waals surface area (Å²) in [7, 11) is 1.89. The molecule has 0 aliphatic carbocycles. The van der Waals surface area contributed by atoms with Gasteiger partial charge in [-0.15, -0.1) is 0 Å². The molecule has 1 saturated heterocycles. The van der Waals surface area contributed by atoms with E-state index in [9.17, 15) is 24.0 Å². The Morgan fingerprint density at radius 3 is 2.68 bits per heavy atom. The van der Waals surface area contributed by atoms with Gasteiger partial charge in [0.25, 0.3) is 11.8 Å². The Hall–Kier alpha value is -4.27. The molecule has 2 aliphatic rings. The minimum atomic E-state index is -0.776. The molecule has 0 bridgehead atoms. The van der Waals surface area contributed by atoms with Crippen molar-refractivity contribution >= 4 is 40.4 Å². The second-order valence-electron chi connectivity index (χ2n) is 8.58. The number of carbonyl (C=O) groups is 5. The minimum Gasteiger partial charge on any atom is -0.350 e. The Kier molecular flexibility index (Phi) is 5.24. The second-order valence-corrected chi connectivity index (χ2v) is 8.58. The predicted molar refractivity (Wildman–Crippen MR) is 122 cm³/mol. The van der Waals surface area contributed by atoms with Crippen LogP contribution in [0, 0.1) is 0 Å². The smallest absolute Gasteiger partial charge is 0.258 e. The third-order valence-corrected chi connectivity index (χ3v) is 6.38. The average Bonchev–Trinajstić information content (AvgIpc) is 3.30. The molecule has 0 saturated carbocycles. The van der Waals surface area contributed by atoms with Crippen LogP contribution in [0.1, 0.15) is 44.7 Å². The number of para-hydroxylation sites is 1. The van der Waals surface area contributed by atoms with E-state index in [-0.39, 0.29) is 42.8 Å². The van der Waals surface area contributed by atoms with E-state index in [4.69, 9.17) is 0 Å². The Morgan fingerprint density at radius 1 is 1.09 bits per heavy atom. The first-order valence-electron chi connectivity index (χ1n) is 11.0. The molecule has 0 spiro atoms. The fourth-order valence-electron chi connectivity index (χ4n) is 4.78. The molecule has 3 heterocycles. The largest absolute Gasteiger partial charge is 0.350 e. The van der Waals surface area contributed by atoms with Crippen LogP contribution in [0.25, 0.3) is 10.9 Å². The molecule has 2 aromatic carbocycles. The molecule has 5 rings (SSSR count). The topological polar surface area (TPSA) is 118 Å². The second kappa shape index (κ2) is 8.26. The number of benzene rings is 2. The molecule has 34 heavy (non-hydrogen) atoms. The lowest BCUT2D eigenvalue weighted by Gasteiger charge is -2.29. The van der Waals surface area contributed by atoms with Crippen LogP contribution in [0.4, 0.5) is 0 Å². The molecule has 2 N–H and O–H groups in total. The number of rotatable bonds is 4. The molecule has 5 amide bonds. The monoisotopic (exact) mass is 458 g/mol. The van der Waals surface area contributed by atoms with Gasteiger partial charge < -0.3 is 9.47 Å². The van der Waals surface area contributed by atoms with Crippen molar-refractivity contribution in [3.8, 4) is 0 Å². The highest BCUT2D eigenvalue weighted by Crippen LogP contribution is 2.30. The highest BCUT2D eigenvalue weighted by atomic mass is 16.2. The zero-order valence-corrected chi connectivity index (χ0v) is 18.5. The van der Waals surface area contributed by atoms with Gasteiger partial charge >= 0.3 is 0 Å². The molecule has 1 atom stereocenters. The van der Waals surface area contributed by atoms with Crippen LogP contribution in [0.15, 0.2) is 48.7 Å². The summed E-state index contributed by atoms with van der Waals surface area (Å²) >= 11 is 0. The summed E-state index contributed by atoms with van der Waals surface area (Å²) < 4.78 is 1.92. The Morgan fingerprint density at radius 2 is 1.88 bits per heavy atom. The Labute approximate surface area is 194 Å². The number of imide groups is 2. The lowest BCUT2D eigenvalue weighted by atomic mass is 10.0. The maximum absolute atomic E-state index is 13.2. The molecule has 1 fully saturated rings. The maximum Gasteiger partial charge on any atom is 0.258 e. The van der Waals surface area contributed by atoms with Gasteiger partial charge in [-0.2, -0.15) is 0 Å². The lowest BCUT2D eigenvalue weighted by Crippen LogP contribution is -2.52. The summed E-state index contributed by atoms with van der Waals surface area (Å²) in [6, 6.07) is 11.8. The number of aryl methyl sites for hydroxylation is 1. The van der Waals surface area contributed by atoms with Gasteiger partial charge in [0.2, 0.25) is 17.7 Å². The van der Waals surface area contributed by atoms with Crippen molar-refractivity contribution in [1.29, 1.82) is 0 Å². The highest BCUT2D eigenvalue weighted by molar-refractivity contribution is 6.14. The number of amides is 5. The molecule has 0 radical (unpaired) electrons. The highest BCUT2D eigenvalue weighted by Gasteiger charge is 2.40. The van der Waals surface area contributed by atoms with Crippen molar-refractivity contribution in [1.82, 2.24) is 20.1 Å². The van der Waals surface area contributed by atoms with Crippen LogP contribution >= 0.6 is 0 Å². The molecule has 172 valence electrons. The summed E-state index contributed by atoms with van der Waals surface area (Å²) in [6.45, 7) is 0.158. The van der Waals surface area contributed by atoms with Gasteiger partial charge in [0.1, 0.15) is 6.04 Å². The van der Waals surface area contributed by atoms with E-state index in [1.54, 1.807) is 12.1 Å². The Balaban J connectivity index is 1.34. The first-order chi connectivity index (χ1) is 16.3. The van der Waals surface area contributed by atoms with Crippen LogP contribution in [0.5, 0.6) is 0 Å². The first kappa shape index (κ1) is 21.6. The zero-order chi connectivity index (χ0) is 24.0. The first-order valence-corrected chi connectivity index (χ1v) is 11.0. The van der Waals surface area contributed by atoms with Gasteiger partial charge in [0.05, 0.1) is 17.5 Å². The van der Waals surface area contributed by atoms with Gasteiger partial charge in [-0.25, -0.2) is 0 Å². The minimum absolute atomic E-state index is 0.0124. The summed E-state index contributed by atoms with van der Waals surface area (Å²) in [4.78, 5) is 63.9. The normalized spacial score (nSPS) is 17.6. The molecular weight excluding hydrogens is 436 g/mol. The van der Waals surface area contributed by atoms with Crippen molar-refractivity contribution in [3.05, 3.63) is 70.9 Å². The van der Waals surface area contributed by atoms with Crippen molar-refractivity contribution in [3.63, 3.8) is 0 Å². The average molecular weight is 458 g/mol. The number of piperidine rings is 1. The third-order valence-electron chi connectivity index (χ3n) is 6.38. The predicted octanol–water partition coefficient (Wildman–Crippen LogP) is 1.44. The van der Waals surface area contributed by atoms with Crippen LogP contribution in [-0.2, 0) is 34.4 Å². The number of hydrogen-bond donors (Lipinski definition) is 2.